The number of benzene rings is 2. The van der Waals surface area contributed by atoms with Crippen molar-refractivity contribution in [1.82, 2.24) is 0 Å². The number of anilines is 1. The molecular formula is C17H15ClFNO5S. The lowest BCUT2D eigenvalue weighted by Crippen LogP contribution is -2.24. The molecule has 138 valence electrons. The zero-order chi connectivity index (χ0) is 19.5. The fraction of sp³-hybridized carbons (Fsp3) is 0.176. The Morgan fingerprint density at radius 1 is 1.15 bits per heavy atom. The SMILES string of the molecule is CC(OC(=O)c1ccc(F)cc1Cl)C(=O)c1ccc(NS(C)(=O)=O)cc1. The lowest BCUT2D eigenvalue weighted by molar-refractivity contribution is 0.0319. The molecule has 2 aromatic rings. The van der Waals surface area contributed by atoms with Gasteiger partial charge in [-0.05, 0) is 49.4 Å². The van der Waals surface area contributed by atoms with Crippen LogP contribution in [-0.2, 0) is 14.8 Å². The van der Waals surface area contributed by atoms with Crippen LogP contribution >= 0.6 is 11.6 Å². The largest absolute Gasteiger partial charge is 0.451 e. The third-order valence-electron chi connectivity index (χ3n) is 3.28. The Labute approximate surface area is 155 Å². The molecule has 26 heavy (non-hydrogen) atoms. The fourth-order valence-corrected chi connectivity index (χ4v) is 2.89. The highest BCUT2D eigenvalue weighted by Gasteiger charge is 2.22. The molecule has 0 aliphatic carbocycles. The van der Waals surface area contributed by atoms with E-state index in [0.29, 0.717) is 5.69 Å². The van der Waals surface area contributed by atoms with Gasteiger partial charge in [0.1, 0.15) is 5.82 Å². The maximum absolute atomic E-state index is 13.0. The van der Waals surface area contributed by atoms with Gasteiger partial charge in [0.15, 0.2) is 6.10 Å². The smallest absolute Gasteiger partial charge is 0.340 e. The van der Waals surface area contributed by atoms with Crippen LogP contribution in [0.4, 0.5) is 10.1 Å². The summed E-state index contributed by atoms with van der Waals surface area (Å²) < 4.78 is 42.7. The fourth-order valence-electron chi connectivity index (χ4n) is 2.08. The maximum Gasteiger partial charge on any atom is 0.340 e. The normalized spacial score (nSPS) is 12.3. The zero-order valence-corrected chi connectivity index (χ0v) is 15.4. The molecule has 0 aromatic heterocycles. The van der Waals surface area contributed by atoms with Gasteiger partial charge in [0.2, 0.25) is 15.8 Å². The van der Waals surface area contributed by atoms with Gasteiger partial charge in [-0.25, -0.2) is 17.6 Å². The van der Waals surface area contributed by atoms with Crippen molar-refractivity contribution in [3.8, 4) is 0 Å². The van der Waals surface area contributed by atoms with Gasteiger partial charge < -0.3 is 4.74 Å². The molecule has 0 saturated heterocycles. The van der Waals surface area contributed by atoms with E-state index in [-0.39, 0.29) is 16.1 Å². The molecule has 0 saturated carbocycles. The van der Waals surface area contributed by atoms with Crippen molar-refractivity contribution in [2.45, 2.75) is 13.0 Å². The molecule has 0 aliphatic heterocycles. The minimum Gasteiger partial charge on any atom is -0.451 e. The monoisotopic (exact) mass is 399 g/mol. The van der Waals surface area contributed by atoms with Gasteiger partial charge >= 0.3 is 5.97 Å². The van der Waals surface area contributed by atoms with Crippen LogP contribution < -0.4 is 4.72 Å². The van der Waals surface area contributed by atoms with Gasteiger partial charge in [0.05, 0.1) is 16.8 Å². The van der Waals surface area contributed by atoms with Gasteiger partial charge in [-0.15, -0.1) is 0 Å². The summed E-state index contributed by atoms with van der Waals surface area (Å²) in [6.07, 6.45) is -0.105. The van der Waals surface area contributed by atoms with E-state index in [1.54, 1.807) is 0 Å². The Hall–Kier alpha value is -2.45. The molecule has 6 nitrogen and oxygen atoms in total. The predicted octanol–water partition coefficient (Wildman–Crippen LogP) is 3.28. The third kappa shape index (κ3) is 5.27. The maximum atomic E-state index is 13.0. The number of hydrogen-bond donors (Lipinski definition) is 1. The molecule has 0 spiro atoms. The van der Waals surface area contributed by atoms with Gasteiger partial charge in [0, 0.05) is 11.3 Å². The summed E-state index contributed by atoms with van der Waals surface area (Å²) in [6, 6.07) is 8.85. The first-order chi connectivity index (χ1) is 12.1. The first-order valence-electron chi connectivity index (χ1n) is 7.35. The number of carbonyl (C=O) groups excluding carboxylic acids is 2. The van der Waals surface area contributed by atoms with Gasteiger partial charge in [-0.3, -0.25) is 9.52 Å². The lowest BCUT2D eigenvalue weighted by atomic mass is 10.1. The van der Waals surface area contributed by atoms with E-state index in [4.69, 9.17) is 16.3 Å². The first kappa shape index (κ1) is 19.9. The summed E-state index contributed by atoms with van der Waals surface area (Å²) in [4.78, 5) is 24.4. The molecule has 0 heterocycles. The second kappa shape index (κ2) is 7.84. The summed E-state index contributed by atoms with van der Waals surface area (Å²) in [7, 11) is -3.42. The highest BCUT2D eigenvalue weighted by molar-refractivity contribution is 7.92. The number of rotatable bonds is 6. The number of carbonyl (C=O) groups is 2. The van der Waals surface area contributed by atoms with Crippen molar-refractivity contribution >= 4 is 39.1 Å². The van der Waals surface area contributed by atoms with Crippen molar-refractivity contribution in [3.05, 3.63) is 64.4 Å². The Morgan fingerprint density at radius 3 is 2.31 bits per heavy atom. The molecule has 0 bridgehead atoms. The number of ether oxygens (including phenoxy) is 1. The van der Waals surface area contributed by atoms with Crippen molar-refractivity contribution in [2.75, 3.05) is 11.0 Å². The number of esters is 1. The minimum absolute atomic E-state index is 0.0552. The quantitative estimate of drug-likeness (QED) is 0.594. The molecule has 0 amide bonds. The molecule has 0 fully saturated rings. The Balaban J connectivity index is 2.08. The Kier molecular flexibility index (Phi) is 5.99. The van der Waals surface area contributed by atoms with E-state index in [1.165, 1.54) is 37.3 Å². The number of ketones is 1. The van der Waals surface area contributed by atoms with Crippen LogP contribution in [-0.4, -0.2) is 32.5 Å². The summed E-state index contributed by atoms with van der Waals surface area (Å²) in [5.74, 6) is -1.94. The lowest BCUT2D eigenvalue weighted by Gasteiger charge is -2.13. The van der Waals surface area contributed by atoms with Gasteiger partial charge in [0.25, 0.3) is 0 Å². The average Bonchev–Trinajstić information content (AvgIpc) is 2.53. The summed E-state index contributed by atoms with van der Waals surface area (Å²) in [5, 5.41) is -0.120. The van der Waals surface area contributed by atoms with Crippen LogP contribution in [0, 0.1) is 5.82 Å². The zero-order valence-electron chi connectivity index (χ0n) is 13.8. The number of halogens is 2. The first-order valence-corrected chi connectivity index (χ1v) is 9.62. The molecular weight excluding hydrogens is 385 g/mol. The molecule has 1 atom stereocenters. The van der Waals surface area contributed by atoms with E-state index in [9.17, 15) is 22.4 Å². The van der Waals surface area contributed by atoms with Crippen molar-refractivity contribution in [1.29, 1.82) is 0 Å². The summed E-state index contributed by atoms with van der Waals surface area (Å²) in [6.45, 7) is 1.39. The van der Waals surface area contributed by atoms with Crippen LogP contribution in [0.1, 0.15) is 27.6 Å². The molecule has 1 unspecified atom stereocenters. The van der Waals surface area contributed by atoms with E-state index in [1.807, 2.05) is 0 Å². The van der Waals surface area contributed by atoms with E-state index in [2.05, 4.69) is 4.72 Å². The third-order valence-corrected chi connectivity index (χ3v) is 4.20. The highest BCUT2D eigenvalue weighted by atomic mass is 35.5. The van der Waals surface area contributed by atoms with Crippen LogP contribution in [0.25, 0.3) is 0 Å². The van der Waals surface area contributed by atoms with E-state index >= 15 is 0 Å². The van der Waals surface area contributed by atoms with Crippen molar-refractivity contribution < 1.29 is 27.1 Å². The minimum atomic E-state index is -3.42. The Morgan fingerprint density at radius 2 is 1.77 bits per heavy atom. The molecule has 0 aliphatic rings. The van der Waals surface area contributed by atoms with Gasteiger partial charge in [-0.2, -0.15) is 0 Å². The Bertz CT molecular complexity index is 944. The van der Waals surface area contributed by atoms with Crippen LogP contribution in [0.3, 0.4) is 0 Å². The molecule has 1 N–H and O–H groups in total. The van der Waals surface area contributed by atoms with E-state index in [0.717, 1.165) is 18.4 Å². The highest BCUT2D eigenvalue weighted by Crippen LogP contribution is 2.20. The number of nitrogens with one attached hydrogen (secondary N) is 1. The second-order valence-electron chi connectivity index (χ2n) is 5.49. The molecule has 2 rings (SSSR count). The molecule has 2 aromatic carbocycles. The molecule has 9 heteroatoms. The van der Waals surface area contributed by atoms with Crippen LogP contribution in [0.5, 0.6) is 0 Å². The number of sulfonamides is 1. The van der Waals surface area contributed by atoms with Crippen molar-refractivity contribution in [2.24, 2.45) is 0 Å². The standard InChI is InChI=1S/C17H15ClFNO5S/c1-10(25-17(22)14-8-5-12(19)9-15(14)18)16(21)11-3-6-13(7-4-11)20-26(2,23)24/h3-10,20H,1-2H3. The number of Topliss-reactive ketones (excluding diaryl/α,β-unsaturated/α-hetero) is 1. The topological polar surface area (TPSA) is 89.5 Å². The van der Waals surface area contributed by atoms with Crippen LogP contribution in [0.15, 0.2) is 42.5 Å². The van der Waals surface area contributed by atoms with E-state index < -0.39 is 33.7 Å². The average molecular weight is 400 g/mol. The van der Waals surface area contributed by atoms with Gasteiger partial charge in [-0.1, -0.05) is 11.6 Å². The number of hydrogen-bond acceptors (Lipinski definition) is 5. The predicted molar refractivity (Wildman–Crippen MR) is 95.5 cm³/mol. The van der Waals surface area contributed by atoms with Crippen LogP contribution in [0.2, 0.25) is 5.02 Å². The summed E-state index contributed by atoms with van der Waals surface area (Å²) in [5.41, 5.74) is 0.474. The second-order valence-corrected chi connectivity index (χ2v) is 7.64. The summed E-state index contributed by atoms with van der Waals surface area (Å²) >= 11 is 5.79. The molecule has 0 radical (unpaired) electrons. The van der Waals surface area contributed by atoms with Crippen molar-refractivity contribution in [3.63, 3.8) is 0 Å².